The van der Waals surface area contributed by atoms with Crippen LogP contribution in [-0.2, 0) is 32.0 Å². The van der Waals surface area contributed by atoms with Crippen molar-refractivity contribution in [3.63, 3.8) is 0 Å². The number of hydrogen-bond acceptors (Lipinski definition) is 5. The number of aromatic nitrogens is 2. The number of methoxy groups -OCH3 is 1. The van der Waals surface area contributed by atoms with Crippen LogP contribution in [0.1, 0.15) is 52.1 Å². The van der Waals surface area contributed by atoms with Gasteiger partial charge in [0.05, 0.1) is 13.2 Å². The van der Waals surface area contributed by atoms with Gasteiger partial charge in [-0.15, -0.1) is 0 Å². The zero-order chi connectivity index (χ0) is 23.8. The molecule has 0 amide bonds. The average Bonchev–Trinajstić information content (AvgIpc) is 3.07. The van der Waals surface area contributed by atoms with Crippen LogP contribution in [0.3, 0.4) is 0 Å². The molecule has 33 heavy (non-hydrogen) atoms. The molecule has 0 saturated heterocycles. The summed E-state index contributed by atoms with van der Waals surface area (Å²) < 4.78 is 19.4. The molecule has 7 heteroatoms. The van der Waals surface area contributed by atoms with Crippen molar-refractivity contribution in [3.8, 4) is 11.1 Å². The van der Waals surface area contributed by atoms with Gasteiger partial charge in [-0.3, -0.25) is 4.68 Å². The summed E-state index contributed by atoms with van der Waals surface area (Å²) in [6.07, 6.45) is 5.33. The molecule has 1 heterocycles. The molecule has 0 spiro atoms. The van der Waals surface area contributed by atoms with E-state index in [0.717, 1.165) is 48.8 Å². The fourth-order valence-corrected chi connectivity index (χ4v) is 5.11. The molecule has 2 aromatic rings. The van der Waals surface area contributed by atoms with E-state index in [1.807, 2.05) is 26.8 Å². The lowest BCUT2D eigenvalue weighted by Crippen LogP contribution is -2.28. The first-order valence-electron chi connectivity index (χ1n) is 11.9. The predicted octanol–water partition coefficient (Wildman–Crippen LogP) is 5.67. The summed E-state index contributed by atoms with van der Waals surface area (Å²) in [6.45, 7) is 7.84. The van der Waals surface area contributed by atoms with Crippen LogP contribution < -0.4 is 0 Å². The van der Waals surface area contributed by atoms with Crippen LogP contribution in [-0.4, -0.2) is 48.3 Å². The molecule has 1 aliphatic carbocycles. The number of esters is 1. The van der Waals surface area contributed by atoms with E-state index < -0.39 is 5.60 Å². The van der Waals surface area contributed by atoms with Crippen molar-refractivity contribution in [1.82, 2.24) is 9.78 Å². The summed E-state index contributed by atoms with van der Waals surface area (Å²) >= 11 is 3.70. The zero-order valence-corrected chi connectivity index (χ0v) is 21.9. The molecule has 0 atom stereocenters. The highest BCUT2D eigenvalue weighted by molar-refractivity contribution is 9.10. The first-order valence-corrected chi connectivity index (χ1v) is 12.6. The normalized spacial score (nSPS) is 18.9. The van der Waals surface area contributed by atoms with Crippen LogP contribution in [0, 0.1) is 11.8 Å². The Morgan fingerprint density at radius 2 is 1.79 bits per heavy atom. The third-order valence-electron chi connectivity index (χ3n) is 6.01. The third kappa shape index (κ3) is 7.94. The Kier molecular flexibility index (Phi) is 9.53. The number of nitrogens with zero attached hydrogens (tertiary/aromatic N) is 2. The van der Waals surface area contributed by atoms with Gasteiger partial charge in [-0.1, -0.05) is 30.3 Å². The smallest absolute Gasteiger partial charge is 0.332 e. The first kappa shape index (κ1) is 25.9. The van der Waals surface area contributed by atoms with Gasteiger partial charge in [0.1, 0.15) is 16.8 Å². The van der Waals surface area contributed by atoms with E-state index in [9.17, 15) is 4.79 Å². The lowest BCUT2D eigenvalue weighted by atomic mass is 9.82. The van der Waals surface area contributed by atoms with Crippen molar-refractivity contribution in [2.75, 3.05) is 26.9 Å². The largest absolute Gasteiger partial charge is 0.458 e. The van der Waals surface area contributed by atoms with E-state index in [2.05, 4.69) is 44.9 Å². The highest BCUT2D eigenvalue weighted by atomic mass is 79.9. The van der Waals surface area contributed by atoms with Gasteiger partial charge in [0, 0.05) is 31.3 Å². The van der Waals surface area contributed by atoms with E-state index >= 15 is 0 Å². The number of ether oxygens (including phenoxy) is 3. The standard InChI is InChI=1S/C26H37BrN2O4/c1-26(2,3)33-23(30)18-32-17-20-12-10-19(11-13-20)16-29-22(14-15-31-4)24(25(27)28-29)21-8-6-5-7-9-21/h5-9,19-20H,10-18H2,1-4H3. The molecule has 0 unspecified atom stereocenters. The van der Waals surface area contributed by atoms with Gasteiger partial charge in [-0.05, 0) is 79.8 Å². The molecule has 1 saturated carbocycles. The van der Waals surface area contributed by atoms with Gasteiger partial charge in [-0.25, -0.2) is 4.79 Å². The average molecular weight is 521 g/mol. The fraction of sp³-hybridized carbons (Fsp3) is 0.615. The summed E-state index contributed by atoms with van der Waals surface area (Å²) in [7, 11) is 1.74. The number of rotatable bonds is 10. The Morgan fingerprint density at radius 3 is 2.42 bits per heavy atom. The summed E-state index contributed by atoms with van der Waals surface area (Å²) in [4.78, 5) is 11.8. The van der Waals surface area contributed by atoms with Crippen molar-refractivity contribution in [3.05, 3.63) is 40.6 Å². The quantitative estimate of drug-likeness (QED) is 0.378. The third-order valence-corrected chi connectivity index (χ3v) is 6.57. The van der Waals surface area contributed by atoms with Gasteiger partial charge >= 0.3 is 5.97 Å². The highest BCUT2D eigenvalue weighted by Crippen LogP contribution is 2.35. The van der Waals surface area contributed by atoms with Crippen LogP contribution in [0.5, 0.6) is 0 Å². The van der Waals surface area contributed by atoms with Gasteiger partial charge in [0.25, 0.3) is 0 Å². The molecular weight excluding hydrogens is 484 g/mol. The second kappa shape index (κ2) is 12.1. The lowest BCUT2D eigenvalue weighted by Gasteiger charge is -2.29. The molecule has 1 aromatic heterocycles. The van der Waals surface area contributed by atoms with Crippen molar-refractivity contribution in [2.45, 2.75) is 65.0 Å². The Bertz CT molecular complexity index is 884. The molecule has 0 N–H and O–H groups in total. The number of carbonyl (C=O) groups excluding carboxylic acids is 1. The van der Waals surface area contributed by atoms with Gasteiger partial charge < -0.3 is 14.2 Å². The highest BCUT2D eigenvalue weighted by Gasteiger charge is 2.25. The molecule has 182 valence electrons. The molecule has 1 aromatic carbocycles. The van der Waals surface area contributed by atoms with Crippen molar-refractivity contribution >= 4 is 21.9 Å². The van der Waals surface area contributed by atoms with Crippen molar-refractivity contribution in [2.24, 2.45) is 11.8 Å². The minimum atomic E-state index is -0.470. The Labute approximate surface area is 206 Å². The topological polar surface area (TPSA) is 62.6 Å². The van der Waals surface area contributed by atoms with Crippen LogP contribution >= 0.6 is 15.9 Å². The fourth-order valence-electron chi connectivity index (χ4n) is 4.46. The number of carbonyl (C=O) groups is 1. The van der Waals surface area contributed by atoms with Crippen LogP contribution in [0.15, 0.2) is 34.9 Å². The van der Waals surface area contributed by atoms with Crippen LogP contribution in [0.2, 0.25) is 0 Å². The first-order chi connectivity index (χ1) is 15.8. The summed E-state index contributed by atoms with van der Waals surface area (Å²) in [6, 6.07) is 10.4. The molecule has 3 rings (SSSR count). The molecule has 0 aliphatic heterocycles. The Hall–Kier alpha value is -1.70. The van der Waals surface area contributed by atoms with E-state index in [1.165, 1.54) is 11.3 Å². The van der Waals surface area contributed by atoms with E-state index in [1.54, 1.807) is 7.11 Å². The van der Waals surface area contributed by atoms with Gasteiger partial charge in [0.2, 0.25) is 0 Å². The summed E-state index contributed by atoms with van der Waals surface area (Å²) in [5, 5.41) is 4.85. The van der Waals surface area contributed by atoms with Crippen molar-refractivity contribution in [1.29, 1.82) is 0 Å². The molecular formula is C26H37BrN2O4. The maximum absolute atomic E-state index is 11.8. The summed E-state index contributed by atoms with van der Waals surface area (Å²) in [5.41, 5.74) is 3.09. The molecule has 1 aliphatic rings. The molecule has 6 nitrogen and oxygen atoms in total. The molecule has 0 bridgehead atoms. The molecule has 1 fully saturated rings. The minimum Gasteiger partial charge on any atom is -0.458 e. The number of halogens is 1. The van der Waals surface area contributed by atoms with Gasteiger partial charge in [0.15, 0.2) is 0 Å². The Morgan fingerprint density at radius 1 is 1.12 bits per heavy atom. The number of hydrogen-bond donors (Lipinski definition) is 0. The van der Waals surface area contributed by atoms with Crippen LogP contribution in [0.25, 0.3) is 11.1 Å². The summed E-state index contributed by atoms with van der Waals surface area (Å²) in [5.74, 6) is 0.794. The zero-order valence-electron chi connectivity index (χ0n) is 20.3. The maximum atomic E-state index is 11.8. The molecule has 0 radical (unpaired) electrons. The van der Waals surface area contributed by atoms with Crippen molar-refractivity contribution < 1.29 is 19.0 Å². The van der Waals surface area contributed by atoms with E-state index in [0.29, 0.717) is 25.0 Å². The van der Waals surface area contributed by atoms with E-state index in [4.69, 9.17) is 19.3 Å². The van der Waals surface area contributed by atoms with Crippen LogP contribution in [0.4, 0.5) is 0 Å². The lowest BCUT2D eigenvalue weighted by molar-refractivity contribution is -0.160. The second-order valence-corrected chi connectivity index (χ2v) is 10.6. The monoisotopic (exact) mass is 520 g/mol. The second-order valence-electron chi connectivity index (χ2n) is 9.89. The van der Waals surface area contributed by atoms with Gasteiger partial charge in [-0.2, -0.15) is 5.10 Å². The Balaban J connectivity index is 1.54. The van der Waals surface area contributed by atoms with E-state index in [-0.39, 0.29) is 12.6 Å². The predicted molar refractivity (Wildman–Crippen MR) is 133 cm³/mol. The maximum Gasteiger partial charge on any atom is 0.332 e. The SMILES string of the molecule is COCCc1c(-c2ccccc2)c(Br)nn1CC1CCC(COCC(=O)OC(C)(C)C)CC1. The minimum absolute atomic E-state index is 0.0314. The number of benzene rings is 1.